The first kappa shape index (κ1) is 19.5. The van der Waals surface area contributed by atoms with Crippen LogP contribution in [0.25, 0.3) is 0 Å². The Morgan fingerprint density at radius 3 is 2.44 bits per heavy atom. The van der Waals surface area contributed by atoms with Crippen molar-refractivity contribution < 1.29 is 13.2 Å². The van der Waals surface area contributed by atoms with Crippen LogP contribution in [0.1, 0.15) is 43.2 Å². The fourth-order valence-corrected chi connectivity index (χ4v) is 4.83. The van der Waals surface area contributed by atoms with Crippen LogP contribution in [0.3, 0.4) is 0 Å². The summed E-state index contributed by atoms with van der Waals surface area (Å²) in [5.74, 6) is 1.45. The Kier molecular flexibility index (Phi) is 5.89. The number of pyridine rings is 1. The summed E-state index contributed by atoms with van der Waals surface area (Å²) in [6.45, 7) is 3.58. The summed E-state index contributed by atoms with van der Waals surface area (Å²) < 4.78 is 33.4. The van der Waals surface area contributed by atoms with Crippen molar-refractivity contribution in [3.63, 3.8) is 0 Å². The highest BCUT2D eigenvalue weighted by Crippen LogP contribution is 2.27. The third-order valence-electron chi connectivity index (χ3n) is 4.95. The Hall–Kier alpha value is -2.28. The van der Waals surface area contributed by atoms with Crippen molar-refractivity contribution in [3.8, 4) is 5.75 Å². The van der Waals surface area contributed by atoms with Gasteiger partial charge in [-0.25, -0.2) is 13.4 Å². The molecule has 27 heavy (non-hydrogen) atoms. The maximum Gasteiger partial charge on any atom is 0.262 e. The number of anilines is 2. The van der Waals surface area contributed by atoms with Crippen LogP contribution >= 0.6 is 0 Å². The third kappa shape index (κ3) is 4.71. The smallest absolute Gasteiger partial charge is 0.262 e. The van der Waals surface area contributed by atoms with Gasteiger partial charge in [0.25, 0.3) is 10.0 Å². The van der Waals surface area contributed by atoms with Crippen LogP contribution in [0.5, 0.6) is 5.75 Å². The fourth-order valence-electron chi connectivity index (χ4n) is 3.48. The van der Waals surface area contributed by atoms with Crippen LogP contribution in [-0.4, -0.2) is 26.6 Å². The zero-order chi connectivity index (χ0) is 19.4. The molecule has 0 radical (unpaired) electrons. The molecule has 0 spiro atoms. The van der Waals surface area contributed by atoms with E-state index in [1.807, 2.05) is 13.0 Å². The summed E-state index contributed by atoms with van der Waals surface area (Å²) in [4.78, 5) is 4.60. The summed E-state index contributed by atoms with van der Waals surface area (Å²) in [6, 6.07) is 7.38. The molecule has 0 amide bonds. The zero-order valence-electron chi connectivity index (χ0n) is 16.1. The number of rotatable bonds is 6. The van der Waals surface area contributed by atoms with Gasteiger partial charge in [0.05, 0.1) is 23.9 Å². The molecule has 7 heteroatoms. The van der Waals surface area contributed by atoms with Crippen LogP contribution in [0, 0.1) is 13.8 Å². The van der Waals surface area contributed by atoms with E-state index in [0.717, 1.165) is 24.2 Å². The third-order valence-corrected chi connectivity index (χ3v) is 6.48. The number of sulfonamides is 1. The predicted molar refractivity (Wildman–Crippen MR) is 108 cm³/mol. The second-order valence-electron chi connectivity index (χ2n) is 7.10. The first-order chi connectivity index (χ1) is 12.9. The lowest BCUT2D eigenvalue weighted by molar-refractivity contribution is 0.411. The topological polar surface area (TPSA) is 80.3 Å². The minimum atomic E-state index is -3.70. The van der Waals surface area contributed by atoms with E-state index >= 15 is 0 Å². The maximum absolute atomic E-state index is 12.8. The predicted octanol–water partition coefficient (Wildman–Crippen LogP) is 4.25. The molecule has 1 aromatic heterocycles. The lowest BCUT2D eigenvalue weighted by Gasteiger charge is -2.23. The number of nitrogens with one attached hydrogen (secondary N) is 2. The Bertz CT molecular complexity index is 889. The molecule has 0 saturated heterocycles. The Balaban J connectivity index is 1.73. The minimum Gasteiger partial charge on any atom is -0.496 e. The number of hydrogen-bond donors (Lipinski definition) is 2. The SMILES string of the molecule is COc1cc(C)c(S(=O)(=O)Nc2ccc(NC3CCCCC3)nc2)cc1C. The number of methoxy groups -OCH3 is 1. The summed E-state index contributed by atoms with van der Waals surface area (Å²) in [7, 11) is -2.13. The van der Waals surface area contributed by atoms with Crippen LogP contribution in [0.2, 0.25) is 0 Å². The molecule has 0 aliphatic heterocycles. The molecule has 1 saturated carbocycles. The first-order valence-corrected chi connectivity index (χ1v) is 10.8. The van der Waals surface area contributed by atoms with E-state index in [2.05, 4.69) is 15.0 Å². The van der Waals surface area contributed by atoms with Crippen molar-refractivity contribution in [1.29, 1.82) is 0 Å². The molecule has 6 nitrogen and oxygen atoms in total. The summed E-state index contributed by atoms with van der Waals surface area (Å²) in [6.07, 6.45) is 7.66. The van der Waals surface area contributed by atoms with Crippen LogP contribution in [-0.2, 0) is 10.0 Å². The van der Waals surface area contributed by atoms with E-state index in [0.29, 0.717) is 23.0 Å². The molecule has 1 fully saturated rings. The van der Waals surface area contributed by atoms with Gasteiger partial charge in [0.1, 0.15) is 11.6 Å². The van der Waals surface area contributed by atoms with Gasteiger partial charge in [0.2, 0.25) is 0 Å². The average molecular weight is 390 g/mol. The van der Waals surface area contributed by atoms with E-state index in [1.165, 1.54) is 19.3 Å². The standard InChI is InChI=1S/C20H27N3O3S/c1-14-12-19(15(2)11-18(14)26-3)27(24,25)23-17-9-10-20(21-13-17)22-16-7-5-4-6-8-16/h9-13,16,23H,4-8H2,1-3H3,(H,21,22). The molecule has 146 valence electrons. The summed E-state index contributed by atoms with van der Waals surface area (Å²) >= 11 is 0. The van der Waals surface area contributed by atoms with Gasteiger partial charge in [-0.15, -0.1) is 0 Å². The number of hydrogen-bond acceptors (Lipinski definition) is 5. The van der Waals surface area contributed by atoms with Crippen molar-refractivity contribution in [2.45, 2.75) is 56.9 Å². The van der Waals surface area contributed by atoms with Crippen LogP contribution in [0.4, 0.5) is 11.5 Å². The molecule has 0 bridgehead atoms. The van der Waals surface area contributed by atoms with Crippen molar-refractivity contribution in [3.05, 3.63) is 41.6 Å². The Morgan fingerprint density at radius 2 is 1.81 bits per heavy atom. The molecule has 1 aliphatic carbocycles. The second-order valence-corrected chi connectivity index (χ2v) is 8.76. The molecule has 1 heterocycles. The van der Waals surface area contributed by atoms with E-state index in [4.69, 9.17) is 4.74 Å². The molecule has 2 aromatic rings. The number of ether oxygens (including phenoxy) is 1. The Morgan fingerprint density at radius 1 is 1.07 bits per heavy atom. The normalized spacial score (nSPS) is 15.4. The van der Waals surface area contributed by atoms with Crippen molar-refractivity contribution in [2.75, 3.05) is 17.1 Å². The van der Waals surface area contributed by atoms with Gasteiger partial charge in [0, 0.05) is 6.04 Å². The highest BCUT2D eigenvalue weighted by Gasteiger charge is 2.19. The maximum atomic E-state index is 12.8. The van der Waals surface area contributed by atoms with Gasteiger partial charge in [0.15, 0.2) is 0 Å². The molecular weight excluding hydrogens is 362 g/mol. The lowest BCUT2D eigenvalue weighted by Crippen LogP contribution is -2.22. The molecule has 1 aliphatic rings. The van der Waals surface area contributed by atoms with Crippen LogP contribution in [0.15, 0.2) is 35.4 Å². The molecule has 1 aromatic carbocycles. The van der Waals surface area contributed by atoms with Crippen molar-refractivity contribution >= 4 is 21.5 Å². The highest BCUT2D eigenvalue weighted by molar-refractivity contribution is 7.92. The molecule has 0 unspecified atom stereocenters. The van der Waals surface area contributed by atoms with Gasteiger partial charge in [-0.3, -0.25) is 4.72 Å². The lowest BCUT2D eigenvalue weighted by atomic mass is 9.95. The van der Waals surface area contributed by atoms with Crippen LogP contribution < -0.4 is 14.8 Å². The van der Waals surface area contributed by atoms with Crippen molar-refractivity contribution in [2.24, 2.45) is 0 Å². The van der Waals surface area contributed by atoms with E-state index in [1.54, 1.807) is 38.4 Å². The summed E-state index contributed by atoms with van der Waals surface area (Å²) in [5, 5.41) is 3.43. The van der Waals surface area contributed by atoms with E-state index in [-0.39, 0.29) is 4.90 Å². The first-order valence-electron chi connectivity index (χ1n) is 9.29. The van der Waals surface area contributed by atoms with Gasteiger partial charge >= 0.3 is 0 Å². The second kappa shape index (κ2) is 8.17. The molecule has 0 atom stereocenters. The Labute approximate surface area is 161 Å². The summed E-state index contributed by atoms with van der Waals surface area (Å²) in [5.41, 5.74) is 1.85. The number of nitrogens with zero attached hydrogens (tertiary/aromatic N) is 1. The van der Waals surface area contributed by atoms with E-state index < -0.39 is 10.0 Å². The van der Waals surface area contributed by atoms with Gasteiger partial charge in [-0.2, -0.15) is 0 Å². The zero-order valence-corrected chi connectivity index (χ0v) is 16.9. The van der Waals surface area contributed by atoms with Gasteiger partial charge < -0.3 is 10.1 Å². The average Bonchev–Trinajstić information content (AvgIpc) is 2.65. The monoisotopic (exact) mass is 389 g/mol. The molecule has 2 N–H and O–H groups in total. The number of aromatic nitrogens is 1. The molecular formula is C20H27N3O3S. The van der Waals surface area contributed by atoms with E-state index in [9.17, 15) is 8.42 Å². The highest BCUT2D eigenvalue weighted by atomic mass is 32.2. The molecule has 3 rings (SSSR count). The van der Waals surface area contributed by atoms with Crippen molar-refractivity contribution in [1.82, 2.24) is 4.98 Å². The van der Waals surface area contributed by atoms with Gasteiger partial charge in [-0.05, 0) is 62.1 Å². The quantitative estimate of drug-likeness (QED) is 0.772. The number of aryl methyl sites for hydroxylation is 2. The largest absolute Gasteiger partial charge is 0.496 e. The van der Waals surface area contributed by atoms with Gasteiger partial charge in [-0.1, -0.05) is 19.3 Å². The minimum absolute atomic E-state index is 0.241. The number of benzene rings is 1. The fraction of sp³-hybridized carbons (Fsp3) is 0.450.